The monoisotopic (exact) mass is 303 g/mol. The lowest BCUT2D eigenvalue weighted by Crippen LogP contribution is -2.45. The number of anilines is 1. The van der Waals surface area contributed by atoms with Crippen LogP contribution >= 0.6 is 0 Å². The number of nitrogens with one attached hydrogen (secondary N) is 1. The van der Waals surface area contributed by atoms with Crippen molar-refractivity contribution in [3.63, 3.8) is 0 Å². The van der Waals surface area contributed by atoms with Gasteiger partial charge >= 0.3 is 0 Å². The number of nitrogens with zero attached hydrogens (tertiary/aromatic N) is 3. The number of hydrogen-bond donors (Lipinski definition) is 1. The Balaban J connectivity index is 1.51. The van der Waals surface area contributed by atoms with E-state index in [0.717, 1.165) is 22.9 Å². The number of quaternary nitrogens is 1. The van der Waals surface area contributed by atoms with Crippen molar-refractivity contribution in [2.45, 2.75) is 0 Å². The smallest absolute Gasteiger partial charge is 0.225 e. The van der Waals surface area contributed by atoms with Crippen LogP contribution in [0.25, 0.3) is 0 Å². The number of fused-ring (bicyclic) bond motifs is 1. The van der Waals surface area contributed by atoms with E-state index in [-0.39, 0.29) is 0 Å². The quantitative estimate of drug-likeness (QED) is 0.866. The van der Waals surface area contributed by atoms with E-state index in [1.165, 1.54) is 0 Å². The second kappa shape index (κ2) is 5.55. The molecule has 0 saturated heterocycles. The molecule has 0 radical (unpaired) electrons. The standard InChI is InChI=1S/C18H15N4O/c1-2-4-17(5-3-1)23-18-8-6-15(7-9-18)21-22-11-10-19-12-16(22)13-20-14-22/h1-14,21H/q+1. The molecule has 2 aromatic carbocycles. The van der Waals surface area contributed by atoms with Gasteiger partial charge in [0.25, 0.3) is 0 Å². The molecule has 0 spiro atoms. The average Bonchev–Trinajstić information content (AvgIpc) is 3.01. The molecule has 0 aliphatic carbocycles. The minimum Gasteiger partial charge on any atom is -0.457 e. The maximum Gasteiger partial charge on any atom is 0.225 e. The number of ether oxygens (including phenoxy) is 1. The lowest BCUT2D eigenvalue weighted by atomic mass is 10.3. The predicted octanol–water partition coefficient (Wildman–Crippen LogP) is 4.06. The summed E-state index contributed by atoms with van der Waals surface area (Å²) in [6, 6.07) is 17.6. The van der Waals surface area contributed by atoms with Crippen LogP contribution in [0.3, 0.4) is 0 Å². The summed E-state index contributed by atoms with van der Waals surface area (Å²) < 4.78 is 6.14. The summed E-state index contributed by atoms with van der Waals surface area (Å²) in [4.78, 5) is 8.36. The van der Waals surface area contributed by atoms with Crippen LogP contribution in [-0.4, -0.2) is 17.1 Å². The molecule has 4 rings (SSSR count). The molecule has 2 aromatic rings. The van der Waals surface area contributed by atoms with Crippen molar-refractivity contribution in [2.75, 3.05) is 5.43 Å². The summed E-state index contributed by atoms with van der Waals surface area (Å²) in [5.74, 6) is 1.62. The van der Waals surface area contributed by atoms with Gasteiger partial charge in [0, 0.05) is 0 Å². The topological polar surface area (TPSA) is 46.0 Å². The minimum atomic E-state index is 0.336. The maximum absolute atomic E-state index is 5.80. The highest BCUT2D eigenvalue weighted by Crippen LogP contribution is 2.27. The zero-order chi connectivity index (χ0) is 15.5. The van der Waals surface area contributed by atoms with E-state index >= 15 is 0 Å². The number of allylic oxidation sites excluding steroid dienone is 1. The Bertz CT molecular complexity index is 822. The normalized spacial score (nSPS) is 21.0. The molecular formula is C18H15N4O+. The molecule has 1 N–H and O–H groups in total. The summed E-state index contributed by atoms with van der Waals surface area (Å²) in [5, 5.41) is 0. The lowest BCUT2D eigenvalue weighted by molar-refractivity contribution is -0.704. The van der Waals surface area contributed by atoms with E-state index in [0.29, 0.717) is 4.59 Å². The fourth-order valence-corrected chi connectivity index (χ4v) is 2.46. The van der Waals surface area contributed by atoms with Crippen molar-refractivity contribution in [1.29, 1.82) is 0 Å². The van der Waals surface area contributed by atoms with Crippen LogP contribution in [0.15, 0.2) is 88.9 Å². The van der Waals surface area contributed by atoms with Crippen molar-refractivity contribution >= 4 is 18.2 Å². The molecule has 1 atom stereocenters. The predicted molar refractivity (Wildman–Crippen MR) is 91.0 cm³/mol. The second-order valence-corrected chi connectivity index (χ2v) is 5.22. The van der Waals surface area contributed by atoms with Gasteiger partial charge in [-0.25, -0.2) is 10.4 Å². The molecule has 1 unspecified atom stereocenters. The molecule has 0 aromatic heterocycles. The molecule has 2 heterocycles. The first-order chi connectivity index (χ1) is 11.3. The van der Waals surface area contributed by atoms with Crippen molar-refractivity contribution in [3.05, 3.63) is 78.9 Å². The lowest BCUT2D eigenvalue weighted by Gasteiger charge is -2.28. The highest BCUT2D eigenvalue weighted by molar-refractivity contribution is 5.82. The molecule has 0 saturated carbocycles. The third kappa shape index (κ3) is 2.65. The molecule has 2 aliphatic heterocycles. The van der Waals surface area contributed by atoms with Crippen LogP contribution in [0.5, 0.6) is 11.5 Å². The van der Waals surface area contributed by atoms with Gasteiger partial charge in [0.15, 0.2) is 6.20 Å². The first kappa shape index (κ1) is 13.5. The van der Waals surface area contributed by atoms with Crippen LogP contribution in [0.1, 0.15) is 0 Å². The Morgan fingerprint density at radius 2 is 1.65 bits per heavy atom. The van der Waals surface area contributed by atoms with E-state index in [2.05, 4.69) is 15.4 Å². The number of benzene rings is 2. The largest absolute Gasteiger partial charge is 0.457 e. The first-order valence-corrected chi connectivity index (χ1v) is 7.30. The Labute approximate surface area is 134 Å². The summed E-state index contributed by atoms with van der Waals surface area (Å²) in [5.41, 5.74) is 5.37. The minimum absolute atomic E-state index is 0.336. The maximum atomic E-state index is 5.80. The fraction of sp³-hybridized carbons (Fsp3) is 0. The average molecular weight is 303 g/mol. The van der Waals surface area contributed by atoms with Crippen molar-refractivity contribution in [3.8, 4) is 11.5 Å². The number of hydrogen-bond acceptors (Lipinski definition) is 4. The van der Waals surface area contributed by atoms with Crippen molar-refractivity contribution in [2.24, 2.45) is 9.98 Å². The van der Waals surface area contributed by atoms with Gasteiger partial charge in [0.1, 0.15) is 11.5 Å². The van der Waals surface area contributed by atoms with Crippen LogP contribution in [0, 0.1) is 0 Å². The van der Waals surface area contributed by atoms with Gasteiger partial charge in [0.05, 0.1) is 24.3 Å². The summed E-state index contributed by atoms with van der Waals surface area (Å²) in [6.07, 6.45) is 9.12. The Morgan fingerprint density at radius 3 is 2.48 bits per heavy atom. The zero-order valence-corrected chi connectivity index (χ0v) is 12.3. The SMILES string of the molecule is C1=C[N+]2(Nc3ccc(Oc4ccccc4)cc3)C=NC=C2C=N1. The van der Waals surface area contributed by atoms with Crippen LogP contribution in [0.2, 0.25) is 0 Å². The van der Waals surface area contributed by atoms with E-state index in [4.69, 9.17) is 4.74 Å². The molecule has 0 fully saturated rings. The Hall–Kier alpha value is -3.18. The summed E-state index contributed by atoms with van der Waals surface area (Å²) in [7, 11) is 0. The molecule has 2 aliphatic rings. The molecule has 112 valence electrons. The molecule has 5 nitrogen and oxygen atoms in total. The third-order valence-corrected chi connectivity index (χ3v) is 3.62. The second-order valence-electron chi connectivity index (χ2n) is 5.22. The van der Waals surface area contributed by atoms with E-state index in [1.807, 2.05) is 67.1 Å². The highest BCUT2D eigenvalue weighted by Gasteiger charge is 2.34. The Kier molecular flexibility index (Phi) is 3.25. The Morgan fingerprint density at radius 1 is 0.870 bits per heavy atom. The van der Waals surface area contributed by atoms with Crippen molar-refractivity contribution < 1.29 is 9.33 Å². The van der Waals surface area contributed by atoms with Crippen LogP contribution in [0.4, 0.5) is 5.69 Å². The van der Waals surface area contributed by atoms with Gasteiger partial charge in [-0.3, -0.25) is 4.99 Å². The molecule has 0 amide bonds. The fourth-order valence-electron chi connectivity index (χ4n) is 2.46. The van der Waals surface area contributed by atoms with E-state index in [9.17, 15) is 0 Å². The van der Waals surface area contributed by atoms with E-state index < -0.39 is 0 Å². The first-order valence-electron chi connectivity index (χ1n) is 7.30. The van der Waals surface area contributed by atoms with Gasteiger partial charge in [-0.05, 0) is 36.4 Å². The number of para-hydroxylation sites is 1. The van der Waals surface area contributed by atoms with Gasteiger partial charge in [-0.2, -0.15) is 0 Å². The number of aliphatic imine (C=N–C) groups is 2. The van der Waals surface area contributed by atoms with Crippen molar-refractivity contribution in [1.82, 2.24) is 0 Å². The number of rotatable bonds is 4. The van der Waals surface area contributed by atoms with Crippen LogP contribution in [-0.2, 0) is 0 Å². The van der Waals surface area contributed by atoms with Gasteiger partial charge < -0.3 is 4.74 Å². The van der Waals surface area contributed by atoms with E-state index in [1.54, 1.807) is 18.6 Å². The summed E-state index contributed by atoms with van der Waals surface area (Å²) >= 11 is 0. The van der Waals surface area contributed by atoms with Gasteiger partial charge in [0.2, 0.25) is 12.0 Å². The van der Waals surface area contributed by atoms with Gasteiger partial charge in [-0.1, -0.05) is 18.2 Å². The molecule has 5 heteroatoms. The van der Waals surface area contributed by atoms with Crippen LogP contribution < -0.4 is 10.2 Å². The zero-order valence-electron chi connectivity index (χ0n) is 12.3. The third-order valence-electron chi connectivity index (χ3n) is 3.62. The summed E-state index contributed by atoms with van der Waals surface area (Å²) in [6.45, 7) is 0. The van der Waals surface area contributed by atoms with Gasteiger partial charge in [-0.15, -0.1) is 4.59 Å². The molecular weight excluding hydrogens is 288 g/mol. The molecule has 0 bridgehead atoms. The highest BCUT2D eigenvalue weighted by atomic mass is 16.5. The molecule has 23 heavy (non-hydrogen) atoms.